The number of nitrogens with one attached hydrogen (secondary N) is 2. The number of carbonyl (C=O) groups excluding carboxylic acids is 3. The molecule has 0 aliphatic carbocycles. The number of ether oxygens (including phenoxy) is 2. The molecule has 0 aromatic heterocycles. The van der Waals surface area contributed by atoms with Crippen LogP contribution in [0.4, 0.5) is 5.69 Å². The average Bonchev–Trinajstić information content (AvgIpc) is 3.27. The number of hydrogen-bond donors (Lipinski definition) is 3. The van der Waals surface area contributed by atoms with E-state index in [1.807, 2.05) is 42.5 Å². The molecule has 3 unspecified atom stereocenters. The minimum absolute atomic E-state index is 0.00146. The van der Waals surface area contributed by atoms with E-state index in [0.717, 1.165) is 22.3 Å². The van der Waals surface area contributed by atoms with Crippen molar-refractivity contribution < 1.29 is 33.8 Å². The molecule has 3 amide bonds. The molecule has 3 N–H and O–H groups in total. The highest BCUT2D eigenvalue weighted by molar-refractivity contribution is 6.30. The van der Waals surface area contributed by atoms with Crippen LogP contribution in [0.25, 0.3) is 11.1 Å². The summed E-state index contributed by atoms with van der Waals surface area (Å²) in [5, 5.41) is 25.6. The molecule has 3 atom stereocenters. The van der Waals surface area contributed by atoms with Crippen molar-refractivity contribution in [1.29, 1.82) is 5.26 Å². The Labute approximate surface area is 350 Å². The number of nitrogens with zero attached hydrogens (tertiary/aromatic N) is 2. The number of carboxylic acid groups (broad SMARTS) is 1. The first-order valence-electron chi connectivity index (χ1n) is 19.2. The van der Waals surface area contributed by atoms with Gasteiger partial charge in [-0.2, -0.15) is 5.26 Å². The number of anilines is 1. The molecule has 6 aromatic rings. The van der Waals surface area contributed by atoms with E-state index in [4.69, 9.17) is 26.3 Å². The second kappa shape index (κ2) is 17.2. The first kappa shape index (κ1) is 39.4. The molecule has 11 nitrogen and oxygen atoms in total. The van der Waals surface area contributed by atoms with E-state index in [0.29, 0.717) is 56.6 Å². The third-order valence-corrected chi connectivity index (χ3v) is 10.8. The van der Waals surface area contributed by atoms with E-state index in [9.17, 15) is 24.3 Å². The number of aliphatic carboxylic acids is 1. The van der Waals surface area contributed by atoms with E-state index < -0.39 is 36.0 Å². The summed E-state index contributed by atoms with van der Waals surface area (Å²) in [4.78, 5) is 55.6. The number of halogens is 1. The normalized spacial score (nSPS) is 15.9. The number of rotatable bonds is 11. The van der Waals surface area contributed by atoms with E-state index >= 15 is 0 Å². The van der Waals surface area contributed by atoms with Crippen LogP contribution in [0.3, 0.4) is 0 Å². The summed E-state index contributed by atoms with van der Waals surface area (Å²) in [6.45, 7) is 0.353. The van der Waals surface area contributed by atoms with E-state index in [1.54, 1.807) is 97.1 Å². The fraction of sp³-hybridized carbons (Fsp3) is 0.146. The summed E-state index contributed by atoms with van der Waals surface area (Å²) in [6.07, 6.45) is -0.891. The number of amides is 3. The van der Waals surface area contributed by atoms with Crippen molar-refractivity contribution in [3.63, 3.8) is 0 Å². The molecule has 2 heterocycles. The van der Waals surface area contributed by atoms with Gasteiger partial charge in [0.2, 0.25) is 12.0 Å². The molecule has 0 bridgehead atoms. The molecule has 60 heavy (non-hydrogen) atoms. The summed E-state index contributed by atoms with van der Waals surface area (Å²) < 4.78 is 12.2. The quantitative estimate of drug-likeness (QED) is 0.119. The Balaban J connectivity index is 0.995. The zero-order valence-electron chi connectivity index (χ0n) is 32.0. The molecular formula is C48H37ClN4O7. The topological polar surface area (TPSA) is 158 Å². The molecule has 298 valence electrons. The van der Waals surface area contributed by atoms with Crippen LogP contribution in [0, 0.1) is 11.3 Å². The summed E-state index contributed by atoms with van der Waals surface area (Å²) >= 11 is 6.09. The second-order valence-electron chi connectivity index (χ2n) is 14.6. The minimum Gasteiger partial charge on any atom is -0.489 e. The van der Waals surface area contributed by atoms with Crippen LogP contribution in [0.5, 0.6) is 11.5 Å². The largest absolute Gasteiger partial charge is 0.489 e. The van der Waals surface area contributed by atoms with Crippen LogP contribution in [0.1, 0.15) is 49.8 Å². The summed E-state index contributed by atoms with van der Waals surface area (Å²) in [6, 6.07) is 40.8. The lowest BCUT2D eigenvalue weighted by molar-refractivity contribution is -0.142. The Hall–Kier alpha value is -7.42. The fourth-order valence-electron chi connectivity index (χ4n) is 7.41. The van der Waals surface area contributed by atoms with Crippen LogP contribution in [0.15, 0.2) is 140 Å². The van der Waals surface area contributed by atoms with Gasteiger partial charge in [0.1, 0.15) is 30.2 Å². The van der Waals surface area contributed by atoms with Crippen molar-refractivity contribution in [3.05, 3.63) is 183 Å². The Kier molecular flexibility index (Phi) is 11.3. The smallest absolute Gasteiger partial charge is 0.326 e. The highest BCUT2D eigenvalue weighted by Gasteiger charge is 2.39. The van der Waals surface area contributed by atoms with Crippen LogP contribution < -0.4 is 20.1 Å². The van der Waals surface area contributed by atoms with Gasteiger partial charge in [-0.1, -0.05) is 90.5 Å². The summed E-state index contributed by atoms with van der Waals surface area (Å²) in [5.74, 6) is -1.60. The number of benzene rings is 6. The molecule has 0 saturated heterocycles. The van der Waals surface area contributed by atoms with Gasteiger partial charge in [-0.3, -0.25) is 14.4 Å². The zero-order valence-corrected chi connectivity index (χ0v) is 32.8. The van der Waals surface area contributed by atoms with Gasteiger partial charge in [0, 0.05) is 35.5 Å². The van der Waals surface area contributed by atoms with E-state index in [-0.39, 0.29) is 25.3 Å². The molecule has 0 radical (unpaired) electrons. The van der Waals surface area contributed by atoms with Gasteiger partial charge in [0.05, 0.1) is 17.3 Å². The third-order valence-electron chi connectivity index (χ3n) is 10.6. The fourth-order valence-corrected chi connectivity index (χ4v) is 7.62. The average molecular weight is 817 g/mol. The zero-order chi connectivity index (χ0) is 41.8. The van der Waals surface area contributed by atoms with Crippen molar-refractivity contribution in [2.75, 3.05) is 5.32 Å². The molecule has 8 rings (SSSR count). The molecule has 0 spiro atoms. The Bertz CT molecular complexity index is 2630. The molecule has 2 aliphatic heterocycles. The van der Waals surface area contributed by atoms with E-state index in [1.165, 1.54) is 4.90 Å². The molecule has 0 fully saturated rings. The van der Waals surface area contributed by atoms with Gasteiger partial charge in [-0.05, 0) is 94.0 Å². The Morgan fingerprint density at radius 1 is 0.867 bits per heavy atom. The highest BCUT2D eigenvalue weighted by atomic mass is 35.5. The Morgan fingerprint density at radius 2 is 1.58 bits per heavy atom. The molecule has 0 saturated carbocycles. The lowest BCUT2D eigenvalue weighted by Gasteiger charge is -2.37. The van der Waals surface area contributed by atoms with Crippen LogP contribution in [-0.2, 0) is 40.4 Å². The van der Waals surface area contributed by atoms with Crippen LogP contribution >= 0.6 is 11.6 Å². The first-order chi connectivity index (χ1) is 29.1. The first-order valence-corrected chi connectivity index (χ1v) is 19.6. The number of hydrogen-bond acceptors (Lipinski definition) is 7. The maximum absolute atomic E-state index is 14.1. The number of carbonyl (C=O) groups is 4. The number of carboxylic acids is 1. The maximum atomic E-state index is 14.1. The second-order valence-corrected chi connectivity index (χ2v) is 15.0. The van der Waals surface area contributed by atoms with Crippen LogP contribution in [-0.4, -0.2) is 45.8 Å². The summed E-state index contributed by atoms with van der Waals surface area (Å²) in [5.41, 5.74) is 6.78. The van der Waals surface area contributed by atoms with Gasteiger partial charge in [0.15, 0.2) is 0 Å². The monoisotopic (exact) mass is 816 g/mol. The van der Waals surface area contributed by atoms with Crippen LogP contribution in [0.2, 0.25) is 5.02 Å². The van der Waals surface area contributed by atoms with Gasteiger partial charge in [-0.25, -0.2) is 4.79 Å². The van der Waals surface area contributed by atoms with Crippen molar-refractivity contribution in [1.82, 2.24) is 10.2 Å². The lowest BCUT2D eigenvalue weighted by Crippen LogP contribution is -2.56. The number of fused-ring (bicyclic) bond motifs is 2. The van der Waals surface area contributed by atoms with Gasteiger partial charge in [-0.15, -0.1) is 0 Å². The SMILES string of the molecule is N#Cc1ccc(-c2ccc(CC(NC(=O)C3Cc4cc5c(cc4CN3C(=O)c3ccccc3)OC(c3ccc(OCc4cccc(Cl)c4)cc3)C(=O)N5)C(=O)O)cc2)cc1. The summed E-state index contributed by atoms with van der Waals surface area (Å²) in [7, 11) is 0. The highest BCUT2D eigenvalue weighted by Crippen LogP contribution is 2.40. The van der Waals surface area contributed by atoms with Crippen molar-refractivity contribution in [2.45, 2.75) is 44.2 Å². The molecule has 2 aliphatic rings. The molecule has 6 aromatic carbocycles. The lowest BCUT2D eigenvalue weighted by atomic mass is 9.91. The van der Waals surface area contributed by atoms with Crippen molar-refractivity contribution in [2.24, 2.45) is 0 Å². The third kappa shape index (κ3) is 8.70. The molecular weight excluding hydrogens is 780 g/mol. The number of nitriles is 1. The van der Waals surface area contributed by atoms with Gasteiger partial charge < -0.3 is 30.1 Å². The Morgan fingerprint density at radius 3 is 2.27 bits per heavy atom. The van der Waals surface area contributed by atoms with Crippen molar-refractivity contribution >= 4 is 41.0 Å². The minimum atomic E-state index is -1.29. The van der Waals surface area contributed by atoms with Gasteiger partial charge in [0.25, 0.3) is 11.8 Å². The van der Waals surface area contributed by atoms with E-state index in [2.05, 4.69) is 16.7 Å². The predicted octanol–water partition coefficient (Wildman–Crippen LogP) is 7.91. The standard InChI is InChI=1S/C48H37ClN4O7/c49-38-8-4-5-31(21-38)28-59-39-19-17-34(18-20-39)44-46(55)51-40-23-36-24-42(53(27-37(36)25-43(40)60-44)47(56)35-6-2-1-3-7-35)45(54)52-41(48(57)58)22-29-9-13-32(14-10-29)33-15-11-30(26-50)12-16-33/h1-21,23,25,41-42,44H,22,24,27-28H2,(H,51,55)(H,52,54)(H,57,58). The maximum Gasteiger partial charge on any atom is 0.326 e. The predicted molar refractivity (Wildman–Crippen MR) is 224 cm³/mol. The van der Waals surface area contributed by atoms with Crippen molar-refractivity contribution in [3.8, 4) is 28.7 Å². The van der Waals surface area contributed by atoms with Gasteiger partial charge >= 0.3 is 5.97 Å². The molecule has 12 heteroatoms.